The average Bonchev–Trinajstić information content (AvgIpc) is 3.38. The number of carbonyl (C=O) groups excluding carboxylic acids is 1. The van der Waals surface area contributed by atoms with Crippen molar-refractivity contribution in [3.63, 3.8) is 0 Å². The fraction of sp³-hybridized carbons (Fsp3) is 0.0455. The molecule has 4 aromatic rings. The third-order valence-electron chi connectivity index (χ3n) is 4.45. The maximum atomic E-state index is 13.1. The number of halogens is 4. The Morgan fingerprint density at radius 3 is 2.37 bits per heavy atom. The van der Waals surface area contributed by atoms with E-state index in [0.29, 0.717) is 10.6 Å². The Labute approximate surface area is 179 Å². The number of thiophene rings is 1. The number of nitrogens with zero attached hydrogens (tertiary/aromatic N) is 1. The molecule has 0 bridgehead atoms. The molecular formula is C22H14ClF3N2OS. The van der Waals surface area contributed by atoms with Crippen LogP contribution in [0.2, 0.25) is 5.02 Å². The molecule has 0 radical (unpaired) electrons. The van der Waals surface area contributed by atoms with E-state index in [2.05, 4.69) is 5.32 Å². The van der Waals surface area contributed by atoms with Gasteiger partial charge in [-0.3, -0.25) is 4.79 Å². The molecule has 0 aliphatic carbocycles. The van der Waals surface area contributed by atoms with Crippen LogP contribution >= 0.6 is 22.9 Å². The second kappa shape index (κ2) is 8.01. The predicted octanol–water partition coefficient (Wildman–Crippen LogP) is 7.13. The monoisotopic (exact) mass is 446 g/mol. The molecule has 8 heteroatoms. The topological polar surface area (TPSA) is 34.0 Å². The molecule has 152 valence electrons. The number of alkyl halides is 3. The van der Waals surface area contributed by atoms with E-state index in [-0.39, 0.29) is 5.69 Å². The Kier molecular flexibility index (Phi) is 5.40. The van der Waals surface area contributed by atoms with Gasteiger partial charge in [0.15, 0.2) is 0 Å². The van der Waals surface area contributed by atoms with Gasteiger partial charge in [-0.05, 0) is 35.9 Å². The van der Waals surface area contributed by atoms with Gasteiger partial charge in [-0.25, -0.2) is 0 Å². The van der Waals surface area contributed by atoms with Gasteiger partial charge in [0, 0.05) is 29.0 Å². The fourth-order valence-corrected chi connectivity index (χ4v) is 4.28. The molecule has 0 spiro atoms. The number of hydrogen-bond donors (Lipinski definition) is 1. The molecule has 4 rings (SSSR count). The van der Waals surface area contributed by atoms with E-state index < -0.39 is 22.7 Å². The minimum Gasteiger partial charge on any atom is -0.322 e. The first-order valence-corrected chi connectivity index (χ1v) is 10.1. The Hall–Kier alpha value is -3.03. The van der Waals surface area contributed by atoms with Crippen LogP contribution in [0.25, 0.3) is 16.8 Å². The summed E-state index contributed by atoms with van der Waals surface area (Å²) in [6.45, 7) is 0. The number of amides is 1. The van der Waals surface area contributed by atoms with Gasteiger partial charge in [0.2, 0.25) is 0 Å². The van der Waals surface area contributed by atoms with E-state index in [1.807, 2.05) is 64.8 Å². The summed E-state index contributed by atoms with van der Waals surface area (Å²) in [6.07, 6.45) is -0.984. The highest BCUT2D eigenvalue weighted by Gasteiger charge is 2.33. The van der Waals surface area contributed by atoms with Crippen molar-refractivity contribution < 1.29 is 18.0 Å². The van der Waals surface area contributed by atoms with Crippen molar-refractivity contribution in [2.75, 3.05) is 5.32 Å². The molecule has 0 unspecified atom stereocenters. The highest BCUT2D eigenvalue weighted by atomic mass is 35.5. The second-order valence-corrected chi connectivity index (χ2v) is 7.72. The van der Waals surface area contributed by atoms with Crippen molar-refractivity contribution in [2.24, 2.45) is 0 Å². The molecule has 0 atom stereocenters. The minimum atomic E-state index is -4.61. The van der Waals surface area contributed by atoms with Crippen LogP contribution in [0, 0.1) is 0 Å². The van der Waals surface area contributed by atoms with E-state index in [0.717, 1.165) is 23.3 Å². The first kappa shape index (κ1) is 20.3. The van der Waals surface area contributed by atoms with Crippen LogP contribution in [0.15, 0.2) is 78.4 Å². The molecule has 0 aliphatic rings. The van der Waals surface area contributed by atoms with Gasteiger partial charge in [0.1, 0.15) is 4.88 Å². The Morgan fingerprint density at radius 1 is 1.00 bits per heavy atom. The normalized spacial score (nSPS) is 11.5. The lowest BCUT2D eigenvalue weighted by atomic mass is 10.1. The summed E-state index contributed by atoms with van der Waals surface area (Å²) < 4.78 is 41.2. The lowest BCUT2D eigenvalue weighted by Crippen LogP contribution is -2.14. The quantitative estimate of drug-likeness (QED) is 0.355. The van der Waals surface area contributed by atoms with Gasteiger partial charge in [-0.15, -0.1) is 11.3 Å². The van der Waals surface area contributed by atoms with Crippen LogP contribution in [0.4, 0.5) is 18.9 Å². The SMILES string of the molecule is O=C(Nc1ccc(Cl)c(C(F)(F)F)c1)c1scc(-c2ccccc2)c1-n1cccc1. The molecule has 2 heterocycles. The molecule has 0 aliphatic heterocycles. The zero-order valence-electron chi connectivity index (χ0n) is 15.3. The third kappa shape index (κ3) is 3.99. The zero-order chi connectivity index (χ0) is 21.3. The molecule has 2 aromatic carbocycles. The number of carbonyl (C=O) groups is 1. The Morgan fingerprint density at radius 2 is 1.70 bits per heavy atom. The molecular weight excluding hydrogens is 433 g/mol. The van der Waals surface area contributed by atoms with Gasteiger partial charge in [-0.1, -0.05) is 41.9 Å². The van der Waals surface area contributed by atoms with E-state index in [9.17, 15) is 18.0 Å². The van der Waals surface area contributed by atoms with Crippen LogP contribution in [-0.2, 0) is 6.18 Å². The molecule has 0 fully saturated rings. The minimum absolute atomic E-state index is 0.0184. The average molecular weight is 447 g/mol. The Bertz CT molecular complexity index is 1190. The summed E-state index contributed by atoms with van der Waals surface area (Å²) in [5.41, 5.74) is 1.48. The Balaban J connectivity index is 1.73. The van der Waals surface area contributed by atoms with Crippen molar-refractivity contribution >= 4 is 34.5 Å². The largest absolute Gasteiger partial charge is 0.417 e. The first-order valence-electron chi connectivity index (χ1n) is 8.83. The summed E-state index contributed by atoms with van der Waals surface area (Å²) >= 11 is 6.89. The lowest BCUT2D eigenvalue weighted by Gasteiger charge is -2.13. The van der Waals surface area contributed by atoms with Crippen molar-refractivity contribution in [3.8, 4) is 16.8 Å². The number of hydrogen-bond acceptors (Lipinski definition) is 2. The summed E-state index contributed by atoms with van der Waals surface area (Å²) in [5.74, 6) is -0.499. The highest BCUT2D eigenvalue weighted by Crippen LogP contribution is 2.38. The summed E-state index contributed by atoms with van der Waals surface area (Å²) in [6, 6.07) is 16.5. The smallest absolute Gasteiger partial charge is 0.322 e. The molecule has 1 N–H and O–H groups in total. The molecule has 1 amide bonds. The highest BCUT2D eigenvalue weighted by molar-refractivity contribution is 7.13. The summed E-state index contributed by atoms with van der Waals surface area (Å²) in [5, 5.41) is 4.01. The zero-order valence-corrected chi connectivity index (χ0v) is 16.9. The summed E-state index contributed by atoms with van der Waals surface area (Å²) in [7, 11) is 0. The van der Waals surface area contributed by atoms with Gasteiger partial charge in [0.25, 0.3) is 5.91 Å². The molecule has 3 nitrogen and oxygen atoms in total. The molecule has 0 saturated heterocycles. The van der Waals surface area contributed by atoms with Crippen LogP contribution in [0.5, 0.6) is 0 Å². The van der Waals surface area contributed by atoms with Crippen molar-refractivity contribution in [1.29, 1.82) is 0 Å². The first-order chi connectivity index (χ1) is 14.3. The van der Waals surface area contributed by atoms with Crippen LogP contribution in [-0.4, -0.2) is 10.5 Å². The molecule has 0 saturated carbocycles. The molecule has 30 heavy (non-hydrogen) atoms. The number of anilines is 1. The van der Waals surface area contributed by atoms with Gasteiger partial charge in [-0.2, -0.15) is 13.2 Å². The van der Waals surface area contributed by atoms with E-state index in [1.165, 1.54) is 17.4 Å². The van der Waals surface area contributed by atoms with Crippen molar-refractivity contribution in [1.82, 2.24) is 4.57 Å². The second-order valence-electron chi connectivity index (χ2n) is 6.43. The molecule has 2 aromatic heterocycles. The standard InChI is InChI=1S/C22H14ClF3N2OS/c23-18-9-8-15(12-17(18)22(24,25)26)27-21(29)20-19(28-10-4-5-11-28)16(13-30-20)14-6-2-1-3-7-14/h1-13H,(H,27,29). The van der Waals surface area contributed by atoms with Crippen molar-refractivity contribution in [2.45, 2.75) is 6.18 Å². The number of aromatic nitrogens is 1. The van der Waals surface area contributed by atoms with Gasteiger partial charge < -0.3 is 9.88 Å². The maximum absolute atomic E-state index is 13.1. The van der Waals surface area contributed by atoms with Crippen LogP contribution in [0.3, 0.4) is 0 Å². The summed E-state index contributed by atoms with van der Waals surface area (Å²) in [4.78, 5) is 13.4. The third-order valence-corrected chi connectivity index (χ3v) is 5.75. The lowest BCUT2D eigenvalue weighted by molar-refractivity contribution is -0.137. The van der Waals surface area contributed by atoms with Crippen molar-refractivity contribution in [3.05, 3.63) is 93.9 Å². The number of rotatable bonds is 4. The van der Waals surface area contributed by atoms with Gasteiger partial charge >= 0.3 is 6.18 Å². The predicted molar refractivity (Wildman–Crippen MR) is 113 cm³/mol. The van der Waals surface area contributed by atoms with E-state index in [4.69, 9.17) is 11.6 Å². The maximum Gasteiger partial charge on any atom is 0.417 e. The van der Waals surface area contributed by atoms with Gasteiger partial charge in [0.05, 0.1) is 16.3 Å². The number of nitrogens with one attached hydrogen (secondary N) is 1. The van der Waals surface area contributed by atoms with Crippen LogP contribution in [0.1, 0.15) is 15.2 Å². The number of benzene rings is 2. The van der Waals surface area contributed by atoms with E-state index >= 15 is 0 Å². The van der Waals surface area contributed by atoms with Crippen LogP contribution < -0.4 is 5.32 Å². The van der Waals surface area contributed by atoms with E-state index in [1.54, 1.807) is 0 Å². The fourth-order valence-electron chi connectivity index (χ4n) is 3.08.